The van der Waals surface area contributed by atoms with Gasteiger partial charge in [-0.1, -0.05) is 11.2 Å². The van der Waals surface area contributed by atoms with Gasteiger partial charge in [0.15, 0.2) is 11.6 Å². The number of fused-ring (bicyclic) bond motifs is 1. The molecule has 1 aromatic carbocycles. The van der Waals surface area contributed by atoms with Gasteiger partial charge >= 0.3 is 0 Å². The predicted octanol–water partition coefficient (Wildman–Crippen LogP) is 3.08. The summed E-state index contributed by atoms with van der Waals surface area (Å²) in [4.78, 5) is 6.15. The molecule has 0 amide bonds. The van der Waals surface area contributed by atoms with Gasteiger partial charge in [-0.25, -0.2) is 4.39 Å². The number of benzene rings is 1. The Morgan fingerprint density at radius 3 is 2.75 bits per heavy atom. The molecule has 1 aliphatic rings. The maximum atomic E-state index is 15.4. The number of halogens is 1. The van der Waals surface area contributed by atoms with Crippen molar-refractivity contribution in [2.45, 2.75) is 39.2 Å². The first-order chi connectivity index (χ1) is 13.6. The van der Waals surface area contributed by atoms with E-state index in [1.807, 2.05) is 36.9 Å². The second kappa shape index (κ2) is 7.73. The molecule has 0 radical (unpaired) electrons. The number of anilines is 2. The molecule has 2 aromatic heterocycles. The minimum absolute atomic E-state index is 0.0317. The molecule has 1 fully saturated rings. The standard InChI is InChI=1S/C20H23FN4O3/c1-12-9-25(10-13(2)27-12)18-14(11-26)7-16-19(17(18)21)28-24-20(16)23-8-15-5-3-4-6-22-15/h3-7,12-13,26H,8-11H2,1-2H3,(H,23,24)/t12-,13+. The van der Waals surface area contributed by atoms with E-state index in [0.29, 0.717) is 42.1 Å². The maximum absolute atomic E-state index is 15.4. The second-order valence-electron chi connectivity index (χ2n) is 7.10. The van der Waals surface area contributed by atoms with Crippen LogP contribution in [0.1, 0.15) is 25.1 Å². The minimum atomic E-state index is -0.513. The summed E-state index contributed by atoms with van der Waals surface area (Å²) in [6, 6.07) is 7.35. The second-order valence-corrected chi connectivity index (χ2v) is 7.10. The Morgan fingerprint density at radius 2 is 2.07 bits per heavy atom. The molecule has 1 aliphatic heterocycles. The monoisotopic (exact) mass is 386 g/mol. The molecule has 0 unspecified atom stereocenters. The molecule has 0 bridgehead atoms. The van der Waals surface area contributed by atoms with Gasteiger partial charge in [0.2, 0.25) is 5.58 Å². The summed E-state index contributed by atoms with van der Waals surface area (Å²) in [5.74, 6) is -0.0919. The van der Waals surface area contributed by atoms with Crippen molar-refractivity contribution in [3.8, 4) is 0 Å². The summed E-state index contributed by atoms with van der Waals surface area (Å²) < 4.78 is 26.4. The van der Waals surface area contributed by atoms with E-state index < -0.39 is 5.82 Å². The molecule has 0 spiro atoms. The summed E-state index contributed by atoms with van der Waals surface area (Å²) in [7, 11) is 0. The van der Waals surface area contributed by atoms with Crippen molar-refractivity contribution in [3.63, 3.8) is 0 Å². The number of hydrogen-bond donors (Lipinski definition) is 2. The molecule has 2 N–H and O–H groups in total. The normalized spacial score (nSPS) is 19.9. The van der Waals surface area contributed by atoms with E-state index in [4.69, 9.17) is 9.26 Å². The van der Waals surface area contributed by atoms with Crippen LogP contribution >= 0.6 is 0 Å². The van der Waals surface area contributed by atoms with E-state index in [-0.39, 0.29) is 24.4 Å². The lowest BCUT2D eigenvalue weighted by Gasteiger charge is -2.37. The van der Waals surface area contributed by atoms with Crippen molar-refractivity contribution in [2.24, 2.45) is 0 Å². The van der Waals surface area contributed by atoms with E-state index in [2.05, 4.69) is 15.5 Å². The van der Waals surface area contributed by atoms with Gasteiger partial charge in [0.1, 0.15) is 0 Å². The zero-order valence-corrected chi connectivity index (χ0v) is 15.9. The number of morpholine rings is 1. The van der Waals surface area contributed by atoms with Crippen molar-refractivity contribution < 1.29 is 18.8 Å². The third kappa shape index (κ3) is 3.53. The Bertz CT molecular complexity index is 953. The fourth-order valence-electron chi connectivity index (χ4n) is 3.71. The Labute approximate surface area is 162 Å². The Kier molecular flexibility index (Phi) is 5.15. The molecule has 28 heavy (non-hydrogen) atoms. The van der Waals surface area contributed by atoms with Crippen LogP contribution in [0.4, 0.5) is 15.9 Å². The van der Waals surface area contributed by atoms with Gasteiger partial charge in [-0.2, -0.15) is 0 Å². The Morgan fingerprint density at radius 1 is 1.29 bits per heavy atom. The molecule has 3 aromatic rings. The molecular weight excluding hydrogens is 363 g/mol. The first-order valence-electron chi connectivity index (χ1n) is 9.32. The van der Waals surface area contributed by atoms with E-state index >= 15 is 4.39 Å². The van der Waals surface area contributed by atoms with Crippen LogP contribution in [0.25, 0.3) is 11.0 Å². The van der Waals surface area contributed by atoms with Crippen LogP contribution < -0.4 is 10.2 Å². The summed E-state index contributed by atoms with van der Waals surface area (Å²) in [6.45, 7) is 5.13. The number of rotatable bonds is 5. The molecule has 148 valence electrons. The topological polar surface area (TPSA) is 83.7 Å². The van der Waals surface area contributed by atoms with Crippen LogP contribution in [0.5, 0.6) is 0 Å². The summed E-state index contributed by atoms with van der Waals surface area (Å²) in [6.07, 6.45) is 1.64. The molecule has 0 aliphatic carbocycles. The Balaban J connectivity index is 1.68. The quantitative estimate of drug-likeness (QED) is 0.697. The van der Waals surface area contributed by atoms with Crippen molar-refractivity contribution >= 4 is 22.5 Å². The van der Waals surface area contributed by atoms with Gasteiger partial charge in [-0.15, -0.1) is 0 Å². The van der Waals surface area contributed by atoms with Crippen LogP contribution in [-0.4, -0.2) is 40.5 Å². The molecule has 3 heterocycles. The maximum Gasteiger partial charge on any atom is 0.206 e. The van der Waals surface area contributed by atoms with E-state index in [0.717, 1.165) is 5.69 Å². The van der Waals surface area contributed by atoms with Crippen molar-refractivity contribution in [3.05, 3.63) is 47.5 Å². The number of aliphatic hydroxyl groups is 1. The van der Waals surface area contributed by atoms with Crippen molar-refractivity contribution in [1.82, 2.24) is 10.1 Å². The lowest BCUT2D eigenvalue weighted by Crippen LogP contribution is -2.46. The summed E-state index contributed by atoms with van der Waals surface area (Å²) in [5, 5.41) is 17.5. The zero-order chi connectivity index (χ0) is 19.7. The average Bonchev–Trinajstić information content (AvgIpc) is 3.09. The van der Waals surface area contributed by atoms with Gasteiger partial charge in [0, 0.05) is 24.8 Å². The third-order valence-corrected chi connectivity index (χ3v) is 4.83. The highest BCUT2D eigenvalue weighted by atomic mass is 19.1. The smallest absolute Gasteiger partial charge is 0.206 e. The van der Waals surface area contributed by atoms with Crippen LogP contribution in [-0.2, 0) is 17.9 Å². The SMILES string of the molecule is C[C@@H]1CN(c2c(CO)cc3c(NCc4ccccn4)noc3c2F)C[C@H](C)O1. The highest BCUT2D eigenvalue weighted by molar-refractivity contribution is 5.92. The van der Waals surface area contributed by atoms with Crippen LogP contribution in [0.15, 0.2) is 35.0 Å². The van der Waals surface area contributed by atoms with Gasteiger partial charge in [0.05, 0.1) is 42.1 Å². The van der Waals surface area contributed by atoms with E-state index in [1.165, 1.54) is 0 Å². The summed E-state index contributed by atoms with van der Waals surface area (Å²) >= 11 is 0. The van der Waals surface area contributed by atoms with E-state index in [1.54, 1.807) is 12.3 Å². The fraction of sp³-hybridized carbons (Fsp3) is 0.400. The number of aliphatic hydroxyl groups excluding tert-OH is 1. The average molecular weight is 386 g/mol. The van der Waals surface area contributed by atoms with Crippen LogP contribution in [0, 0.1) is 5.82 Å². The number of pyridine rings is 1. The number of nitrogens with one attached hydrogen (secondary N) is 1. The molecule has 4 rings (SSSR count). The first kappa shape index (κ1) is 18.6. The van der Waals surface area contributed by atoms with Crippen LogP contribution in [0.3, 0.4) is 0 Å². The molecule has 8 heteroatoms. The fourth-order valence-corrected chi connectivity index (χ4v) is 3.71. The van der Waals surface area contributed by atoms with Gasteiger partial charge in [0.25, 0.3) is 0 Å². The van der Waals surface area contributed by atoms with Gasteiger partial charge in [-0.05, 0) is 32.0 Å². The molecular formula is C20H23FN4O3. The van der Waals surface area contributed by atoms with Gasteiger partial charge < -0.3 is 24.6 Å². The highest BCUT2D eigenvalue weighted by Crippen LogP contribution is 2.36. The number of ether oxygens (including phenoxy) is 1. The predicted molar refractivity (Wildman–Crippen MR) is 104 cm³/mol. The lowest BCUT2D eigenvalue weighted by atomic mass is 10.1. The number of hydrogen-bond acceptors (Lipinski definition) is 7. The van der Waals surface area contributed by atoms with Crippen molar-refractivity contribution in [1.29, 1.82) is 0 Å². The number of nitrogens with zero attached hydrogens (tertiary/aromatic N) is 3. The summed E-state index contributed by atoms with van der Waals surface area (Å²) in [5.41, 5.74) is 1.75. The van der Waals surface area contributed by atoms with Gasteiger partial charge in [-0.3, -0.25) is 4.98 Å². The minimum Gasteiger partial charge on any atom is -0.392 e. The molecule has 1 saturated heterocycles. The molecule has 0 saturated carbocycles. The Hall–Kier alpha value is -2.71. The molecule has 7 nitrogen and oxygen atoms in total. The highest BCUT2D eigenvalue weighted by Gasteiger charge is 2.29. The third-order valence-electron chi connectivity index (χ3n) is 4.83. The number of aromatic nitrogens is 2. The largest absolute Gasteiger partial charge is 0.392 e. The van der Waals surface area contributed by atoms with Crippen molar-refractivity contribution in [2.75, 3.05) is 23.3 Å². The lowest BCUT2D eigenvalue weighted by molar-refractivity contribution is -0.00549. The van der Waals surface area contributed by atoms with Crippen LogP contribution in [0.2, 0.25) is 0 Å². The zero-order valence-electron chi connectivity index (χ0n) is 15.9. The van der Waals surface area contributed by atoms with E-state index in [9.17, 15) is 5.11 Å². The first-order valence-corrected chi connectivity index (χ1v) is 9.32. The molecule has 2 atom stereocenters.